The largest absolute Gasteiger partial charge is 0.459 e. The van der Waals surface area contributed by atoms with Crippen molar-refractivity contribution in [3.8, 4) is 0 Å². The maximum absolute atomic E-state index is 14.1. The Kier molecular flexibility index (Phi) is 4.36. The Morgan fingerprint density at radius 3 is 2.15 bits per heavy atom. The number of fused-ring (bicyclic) bond motifs is 1. The molecule has 2 aromatic rings. The SMILES string of the molecule is C[Si](C)(C)OC1(C(F)(F)F)OC(=O)N(c2ccccc2)c2ccccc21. The van der Waals surface area contributed by atoms with Gasteiger partial charge in [0.1, 0.15) is 0 Å². The molecule has 1 atom stereocenters. The lowest BCUT2D eigenvalue weighted by atomic mass is 10.00. The second-order valence-corrected chi connectivity index (χ2v) is 11.3. The predicted molar refractivity (Wildman–Crippen MR) is 93.7 cm³/mol. The van der Waals surface area contributed by atoms with Crippen molar-refractivity contribution in [2.45, 2.75) is 31.6 Å². The average molecular weight is 381 g/mol. The van der Waals surface area contributed by atoms with Gasteiger partial charge in [-0.2, -0.15) is 13.2 Å². The van der Waals surface area contributed by atoms with Crippen LogP contribution in [0.1, 0.15) is 5.56 Å². The van der Waals surface area contributed by atoms with E-state index in [1.165, 1.54) is 18.2 Å². The highest BCUT2D eigenvalue weighted by Gasteiger charge is 2.66. The van der Waals surface area contributed by atoms with Crippen molar-refractivity contribution in [2.75, 3.05) is 4.90 Å². The number of halogens is 3. The normalized spacial score (nSPS) is 20.5. The summed E-state index contributed by atoms with van der Waals surface area (Å²) in [5.74, 6) is -3.11. The van der Waals surface area contributed by atoms with Crippen molar-refractivity contribution >= 4 is 25.8 Å². The van der Waals surface area contributed by atoms with Crippen LogP contribution in [0.3, 0.4) is 0 Å². The van der Waals surface area contributed by atoms with E-state index in [1.54, 1.807) is 56.0 Å². The third-order valence-corrected chi connectivity index (χ3v) is 4.65. The van der Waals surface area contributed by atoms with Gasteiger partial charge in [-0.05, 0) is 43.9 Å². The molecule has 138 valence electrons. The Morgan fingerprint density at radius 1 is 1.00 bits per heavy atom. The third-order valence-electron chi connectivity index (χ3n) is 3.75. The predicted octanol–water partition coefficient (Wildman–Crippen LogP) is 5.54. The van der Waals surface area contributed by atoms with E-state index in [-0.39, 0.29) is 11.3 Å². The fraction of sp³-hybridized carbons (Fsp3) is 0.278. The van der Waals surface area contributed by atoms with Crippen LogP contribution in [0.2, 0.25) is 19.6 Å². The quantitative estimate of drug-likeness (QED) is 0.655. The maximum Gasteiger partial charge on any atom is 0.459 e. The first-order valence-corrected chi connectivity index (χ1v) is 11.4. The van der Waals surface area contributed by atoms with Crippen molar-refractivity contribution < 1.29 is 27.1 Å². The van der Waals surface area contributed by atoms with Crippen LogP contribution in [-0.2, 0) is 14.9 Å². The minimum atomic E-state index is -4.93. The molecule has 8 heteroatoms. The van der Waals surface area contributed by atoms with Crippen LogP contribution in [0.4, 0.5) is 29.3 Å². The Bertz CT molecular complexity index is 820. The highest BCUT2D eigenvalue weighted by Crippen LogP contribution is 2.52. The lowest BCUT2D eigenvalue weighted by Gasteiger charge is -2.45. The summed E-state index contributed by atoms with van der Waals surface area (Å²) in [6.45, 7) is 4.83. The Morgan fingerprint density at radius 2 is 1.58 bits per heavy atom. The molecule has 1 unspecified atom stereocenters. The van der Waals surface area contributed by atoms with Crippen LogP contribution in [-0.4, -0.2) is 20.6 Å². The number of cyclic esters (lactones) is 1. The second kappa shape index (κ2) is 6.13. The molecule has 26 heavy (non-hydrogen) atoms. The van der Waals surface area contributed by atoms with Crippen LogP contribution in [0.15, 0.2) is 54.6 Å². The van der Waals surface area contributed by atoms with Gasteiger partial charge in [0, 0.05) is 0 Å². The number of nitrogens with zero attached hydrogens (tertiary/aromatic N) is 1. The molecule has 0 bridgehead atoms. The number of hydrogen-bond donors (Lipinski definition) is 0. The van der Waals surface area contributed by atoms with E-state index < -0.39 is 26.4 Å². The first-order valence-electron chi connectivity index (χ1n) is 8.00. The molecule has 0 aromatic heterocycles. The molecule has 1 aliphatic rings. The van der Waals surface area contributed by atoms with Crippen LogP contribution < -0.4 is 4.90 Å². The average Bonchev–Trinajstić information content (AvgIpc) is 2.53. The van der Waals surface area contributed by atoms with Crippen LogP contribution in [0.5, 0.6) is 0 Å². The number of carbonyl (C=O) groups excluding carboxylic acids is 1. The zero-order valence-corrected chi connectivity index (χ0v) is 15.5. The van der Waals surface area contributed by atoms with E-state index in [0.717, 1.165) is 4.90 Å². The molecule has 1 heterocycles. The number of amides is 1. The molecule has 0 aliphatic carbocycles. The number of ether oxygens (including phenoxy) is 1. The number of hydrogen-bond acceptors (Lipinski definition) is 3. The number of para-hydroxylation sites is 2. The van der Waals surface area contributed by atoms with E-state index >= 15 is 0 Å². The van der Waals surface area contributed by atoms with Gasteiger partial charge in [-0.3, -0.25) is 0 Å². The van der Waals surface area contributed by atoms with Gasteiger partial charge in [-0.15, -0.1) is 0 Å². The summed E-state index contributed by atoms with van der Waals surface area (Å²) in [5, 5.41) is 0. The van der Waals surface area contributed by atoms with Crippen molar-refractivity contribution in [3.05, 3.63) is 60.2 Å². The van der Waals surface area contributed by atoms with Crippen molar-refractivity contribution in [2.24, 2.45) is 0 Å². The fourth-order valence-corrected chi connectivity index (χ4v) is 4.00. The first kappa shape index (κ1) is 18.5. The zero-order chi connectivity index (χ0) is 19.2. The van der Waals surface area contributed by atoms with E-state index in [1.807, 2.05) is 0 Å². The van der Waals surface area contributed by atoms with Gasteiger partial charge in [0.2, 0.25) is 0 Å². The molecule has 4 nitrogen and oxygen atoms in total. The van der Waals surface area contributed by atoms with Gasteiger partial charge in [0.15, 0.2) is 8.32 Å². The maximum atomic E-state index is 14.1. The van der Waals surface area contributed by atoms with E-state index in [9.17, 15) is 18.0 Å². The molecule has 0 spiro atoms. The minimum absolute atomic E-state index is 0.0884. The molecule has 0 radical (unpaired) electrons. The van der Waals surface area contributed by atoms with Gasteiger partial charge in [-0.1, -0.05) is 30.3 Å². The summed E-state index contributed by atoms with van der Waals surface area (Å²) in [6, 6.07) is 14.2. The standard InChI is InChI=1S/C18H18F3NO3Si/c1-26(2,3)25-17(18(19,20)21)14-11-7-8-12-15(14)22(16(23)24-17)13-9-5-4-6-10-13/h4-12H,1-3H3. The number of benzene rings is 2. The van der Waals surface area contributed by atoms with Gasteiger partial charge < -0.3 is 9.16 Å². The molecule has 2 aromatic carbocycles. The molecular weight excluding hydrogens is 363 g/mol. The lowest BCUT2D eigenvalue weighted by molar-refractivity contribution is -0.345. The van der Waals surface area contributed by atoms with Gasteiger partial charge >= 0.3 is 18.1 Å². The van der Waals surface area contributed by atoms with E-state index in [2.05, 4.69) is 0 Å². The molecule has 1 amide bonds. The number of rotatable bonds is 3. The monoisotopic (exact) mass is 381 g/mol. The molecule has 0 fully saturated rings. The van der Waals surface area contributed by atoms with E-state index in [4.69, 9.17) is 9.16 Å². The summed E-state index contributed by atoms with van der Waals surface area (Å²) < 4.78 is 52.8. The summed E-state index contributed by atoms with van der Waals surface area (Å²) >= 11 is 0. The number of anilines is 2. The Hall–Kier alpha value is -2.32. The summed E-state index contributed by atoms with van der Waals surface area (Å²) in [7, 11) is -2.74. The van der Waals surface area contributed by atoms with Crippen LogP contribution in [0, 0.1) is 0 Å². The van der Waals surface area contributed by atoms with Crippen molar-refractivity contribution in [3.63, 3.8) is 0 Å². The molecule has 3 rings (SSSR count). The Labute approximate surface area is 150 Å². The molecular formula is C18H18F3NO3Si. The Balaban J connectivity index is 2.25. The van der Waals surface area contributed by atoms with Gasteiger partial charge in [0.25, 0.3) is 0 Å². The van der Waals surface area contributed by atoms with E-state index in [0.29, 0.717) is 5.69 Å². The first-order chi connectivity index (χ1) is 12.1. The third kappa shape index (κ3) is 3.10. The zero-order valence-electron chi connectivity index (χ0n) is 14.5. The highest BCUT2D eigenvalue weighted by atomic mass is 28.4. The van der Waals surface area contributed by atoms with Crippen LogP contribution in [0.25, 0.3) is 0 Å². The number of carbonyl (C=O) groups is 1. The topological polar surface area (TPSA) is 38.8 Å². The molecule has 0 saturated heterocycles. The van der Waals surface area contributed by atoms with Crippen molar-refractivity contribution in [1.82, 2.24) is 0 Å². The lowest BCUT2D eigenvalue weighted by Crippen LogP contribution is -2.57. The van der Waals surface area contributed by atoms with Crippen molar-refractivity contribution in [1.29, 1.82) is 0 Å². The van der Waals surface area contributed by atoms with Crippen LogP contribution >= 0.6 is 0 Å². The molecule has 0 saturated carbocycles. The fourth-order valence-electron chi connectivity index (χ4n) is 2.87. The molecule has 1 aliphatic heterocycles. The summed E-state index contributed by atoms with van der Waals surface area (Å²) in [5.41, 5.74) is 0.262. The molecule has 0 N–H and O–H groups in total. The summed E-state index contributed by atoms with van der Waals surface area (Å²) in [6.07, 6.45) is -6.06. The summed E-state index contributed by atoms with van der Waals surface area (Å²) in [4.78, 5) is 13.8. The second-order valence-electron chi connectivity index (χ2n) is 6.88. The minimum Gasteiger partial charge on any atom is -0.403 e. The highest BCUT2D eigenvalue weighted by molar-refractivity contribution is 6.69. The number of alkyl halides is 3. The van der Waals surface area contributed by atoms with Gasteiger partial charge in [0.05, 0.1) is 16.9 Å². The van der Waals surface area contributed by atoms with Gasteiger partial charge in [-0.25, -0.2) is 9.69 Å². The smallest absolute Gasteiger partial charge is 0.403 e.